The summed E-state index contributed by atoms with van der Waals surface area (Å²) in [4.78, 5) is 19.6. The molecule has 6 nitrogen and oxygen atoms in total. The molecule has 1 fully saturated rings. The van der Waals surface area contributed by atoms with Crippen molar-refractivity contribution in [1.82, 2.24) is 19.7 Å². The molecule has 0 spiro atoms. The Morgan fingerprint density at radius 3 is 3.21 bits per heavy atom. The zero-order valence-electron chi connectivity index (χ0n) is 10.4. The maximum absolute atomic E-state index is 11.6. The van der Waals surface area contributed by atoms with Gasteiger partial charge >= 0.3 is 5.97 Å². The molecule has 2 aromatic heterocycles. The Labute approximate surface area is 114 Å². The number of nitrogens with zero attached hydrogens (tertiary/aromatic N) is 4. The van der Waals surface area contributed by atoms with Gasteiger partial charge < -0.3 is 4.74 Å². The van der Waals surface area contributed by atoms with Crippen LogP contribution in [-0.4, -0.2) is 32.3 Å². The van der Waals surface area contributed by atoms with Crippen LogP contribution in [0.3, 0.4) is 0 Å². The first-order chi connectivity index (χ1) is 9.19. The summed E-state index contributed by atoms with van der Waals surface area (Å²) in [6, 6.07) is 0. The Morgan fingerprint density at radius 2 is 2.42 bits per heavy atom. The van der Waals surface area contributed by atoms with Crippen molar-refractivity contribution in [2.45, 2.75) is 19.9 Å². The van der Waals surface area contributed by atoms with Gasteiger partial charge in [0, 0.05) is 12.7 Å². The number of carbonyl (C=O) groups is 1. The third-order valence-electron chi connectivity index (χ3n) is 3.27. The summed E-state index contributed by atoms with van der Waals surface area (Å²) in [6.07, 6.45) is 4.19. The highest BCUT2D eigenvalue weighted by Gasteiger charge is 2.44. The van der Waals surface area contributed by atoms with Gasteiger partial charge in [-0.3, -0.25) is 4.79 Å². The first kappa shape index (κ1) is 12.3. The topological polar surface area (TPSA) is 69.9 Å². The normalized spacial score (nSPS) is 21.6. The summed E-state index contributed by atoms with van der Waals surface area (Å²) < 4.78 is 6.78. The number of aromatic nitrogens is 4. The Balaban J connectivity index is 1.73. The summed E-state index contributed by atoms with van der Waals surface area (Å²) in [5, 5.41) is 5.31. The van der Waals surface area contributed by atoms with Crippen molar-refractivity contribution >= 4 is 28.6 Å². The lowest BCUT2D eigenvalue weighted by Gasteiger charge is -2.03. The van der Waals surface area contributed by atoms with Crippen molar-refractivity contribution in [3.8, 4) is 0 Å². The monoisotopic (exact) mass is 280 g/mol. The second-order valence-corrected chi connectivity index (χ2v) is 4.94. The van der Waals surface area contributed by atoms with Crippen LogP contribution in [0.15, 0.2) is 12.4 Å². The molecular formula is C12H13ClN4O2. The fourth-order valence-electron chi connectivity index (χ4n) is 2.19. The average Bonchev–Trinajstić information content (AvgIpc) is 3.05. The van der Waals surface area contributed by atoms with Crippen LogP contribution in [0.25, 0.3) is 11.0 Å². The van der Waals surface area contributed by atoms with Crippen LogP contribution in [0, 0.1) is 11.8 Å². The van der Waals surface area contributed by atoms with Gasteiger partial charge in [-0.15, -0.1) is 0 Å². The molecule has 7 heteroatoms. The highest BCUT2D eigenvalue weighted by Crippen LogP contribution is 2.41. The van der Waals surface area contributed by atoms with E-state index in [-0.39, 0.29) is 23.1 Å². The maximum Gasteiger partial charge on any atom is 0.309 e. The summed E-state index contributed by atoms with van der Waals surface area (Å²) in [6.45, 7) is 2.89. The summed E-state index contributed by atoms with van der Waals surface area (Å²) in [5.74, 6) is 0.156. The lowest BCUT2D eigenvalue weighted by Crippen LogP contribution is -2.11. The van der Waals surface area contributed by atoms with Gasteiger partial charge in [0.2, 0.25) is 5.28 Å². The van der Waals surface area contributed by atoms with Crippen LogP contribution < -0.4 is 0 Å². The number of hydrogen-bond acceptors (Lipinski definition) is 5. The second-order valence-electron chi connectivity index (χ2n) is 4.60. The molecule has 2 aromatic rings. The minimum Gasteiger partial charge on any atom is -0.466 e. The SMILES string of the molecule is CCOC(=O)[C@@H]1C[C@@H]1Cn1ncc2cnc(Cl)nc21. The van der Waals surface area contributed by atoms with E-state index < -0.39 is 0 Å². The van der Waals surface area contributed by atoms with Gasteiger partial charge in [-0.2, -0.15) is 10.1 Å². The molecule has 0 saturated heterocycles. The van der Waals surface area contributed by atoms with E-state index in [1.54, 1.807) is 17.1 Å². The molecular weight excluding hydrogens is 268 g/mol. The lowest BCUT2D eigenvalue weighted by atomic mass is 10.3. The molecule has 0 aliphatic heterocycles. The molecule has 1 saturated carbocycles. The predicted molar refractivity (Wildman–Crippen MR) is 68.6 cm³/mol. The number of esters is 1. The molecule has 19 heavy (non-hydrogen) atoms. The summed E-state index contributed by atoms with van der Waals surface area (Å²) in [5.41, 5.74) is 0.703. The van der Waals surface area contributed by atoms with E-state index in [1.807, 2.05) is 6.92 Å². The predicted octanol–water partition coefficient (Wildman–Crippen LogP) is 1.68. The molecule has 100 valence electrons. The molecule has 1 aliphatic carbocycles. The van der Waals surface area contributed by atoms with E-state index in [0.717, 1.165) is 11.8 Å². The van der Waals surface area contributed by atoms with Crippen LogP contribution in [0.5, 0.6) is 0 Å². The van der Waals surface area contributed by atoms with Crippen LogP contribution >= 0.6 is 11.6 Å². The summed E-state index contributed by atoms with van der Waals surface area (Å²) >= 11 is 5.78. The van der Waals surface area contributed by atoms with Crippen molar-refractivity contribution in [3.05, 3.63) is 17.7 Å². The van der Waals surface area contributed by atoms with Gasteiger partial charge in [-0.1, -0.05) is 0 Å². The minimum atomic E-state index is -0.114. The van der Waals surface area contributed by atoms with Crippen LogP contribution in [-0.2, 0) is 16.1 Å². The standard InChI is InChI=1S/C12H13ClN4O2/c1-2-19-11(18)9-3-7(9)6-17-10-8(5-15-17)4-14-12(13)16-10/h4-5,7,9H,2-3,6H2,1H3/t7-,9-/m1/s1. The van der Waals surface area contributed by atoms with Gasteiger partial charge in [0.1, 0.15) is 0 Å². The fraction of sp³-hybridized carbons (Fsp3) is 0.500. The quantitative estimate of drug-likeness (QED) is 0.629. The van der Waals surface area contributed by atoms with Gasteiger partial charge in [0.25, 0.3) is 0 Å². The Morgan fingerprint density at radius 1 is 1.58 bits per heavy atom. The van der Waals surface area contributed by atoms with Crippen molar-refractivity contribution in [2.24, 2.45) is 11.8 Å². The first-order valence-electron chi connectivity index (χ1n) is 6.19. The Kier molecular flexibility index (Phi) is 3.10. The molecule has 0 bridgehead atoms. The molecule has 2 atom stereocenters. The average molecular weight is 281 g/mol. The Hall–Kier alpha value is -1.69. The molecule has 2 heterocycles. The molecule has 0 unspecified atom stereocenters. The van der Waals surface area contributed by atoms with Crippen molar-refractivity contribution in [2.75, 3.05) is 6.61 Å². The fourth-order valence-corrected chi connectivity index (χ4v) is 2.32. The lowest BCUT2D eigenvalue weighted by molar-refractivity contribution is -0.145. The zero-order chi connectivity index (χ0) is 13.4. The van der Waals surface area contributed by atoms with Gasteiger partial charge in [0.15, 0.2) is 5.65 Å². The number of halogens is 1. The Bertz CT molecular complexity index is 627. The van der Waals surface area contributed by atoms with Gasteiger partial charge in [-0.25, -0.2) is 9.67 Å². The minimum absolute atomic E-state index is 0.00323. The van der Waals surface area contributed by atoms with E-state index in [0.29, 0.717) is 18.8 Å². The molecule has 3 rings (SSSR count). The van der Waals surface area contributed by atoms with Crippen LogP contribution in [0.1, 0.15) is 13.3 Å². The number of rotatable bonds is 4. The third kappa shape index (κ3) is 2.40. The van der Waals surface area contributed by atoms with E-state index in [2.05, 4.69) is 15.1 Å². The smallest absolute Gasteiger partial charge is 0.309 e. The molecule has 1 aliphatic rings. The van der Waals surface area contributed by atoms with Crippen LogP contribution in [0.2, 0.25) is 5.28 Å². The van der Waals surface area contributed by atoms with E-state index >= 15 is 0 Å². The number of hydrogen-bond donors (Lipinski definition) is 0. The highest BCUT2D eigenvalue weighted by atomic mass is 35.5. The van der Waals surface area contributed by atoms with Gasteiger partial charge in [0.05, 0.1) is 24.1 Å². The zero-order valence-corrected chi connectivity index (χ0v) is 11.2. The molecule has 0 aromatic carbocycles. The van der Waals surface area contributed by atoms with Crippen molar-refractivity contribution in [1.29, 1.82) is 0 Å². The largest absolute Gasteiger partial charge is 0.466 e. The van der Waals surface area contributed by atoms with Crippen LogP contribution in [0.4, 0.5) is 0 Å². The van der Waals surface area contributed by atoms with Gasteiger partial charge in [-0.05, 0) is 30.9 Å². The van der Waals surface area contributed by atoms with Crippen molar-refractivity contribution in [3.63, 3.8) is 0 Å². The third-order valence-corrected chi connectivity index (χ3v) is 3.45. The van der Waals surface area contributed by atoms with E-state index in [9.17, 15) is 4.79 Å². The highest BCUT2D eigenvalue weighted by molar-refractivity contribution is 6.28. The number of fused-ring (bicyclic) bond motifs is 1. The van der Waals surface area contributed by atoms with Crippen molar-refractivity contribution < 1.29 is 9.53 Å². The number of ether oxygens (including phenoxy) is 1. The molecule has 0 N–H and O–H groups in total. The maximum atomic E-state index is 11.6. The van der Waals surface area contributed by atoms with E-state index in [1.165, 1.54) is 0 Å². The van der Waals surface area contributed by atoms with E-state index in [4.69, 9.17) is 16.3 Å². The second kappa shape index (κ2) is 4.77. The molecule has 0 radical (unpaired) electrons. The summed E-state index contributed by atoms with van der Waals surface area (Å²) in [7, 11) is 0. The first-order valence-corrected chi connectivity index (χ1v) is 6.57. The number of carbonyl (C=O) groups excluding carboxylic acids is 1. The molecule has 0 amide bonds.